The van der Waals surface area contributed by atoms with E-state index in [9.17, 15) is 4.79 Å². The average molecular weight is 533 g/mol. The minimum absolute atomic E-state index is 0.00397. The Bertz CT molecular complexity index is 1090. The second-order valence-electron chi connectivity index (χ2n) is 12.0. The lowest BCUT2D eigenvalue weighted by Crippen LogP contribution is -2.67. The molecule has 4 fully saturated rings. The molecule has 3 aliphatic heterocycles. The van der Waals surface area contributed by atoms with E-state index in [1.807, 2.05) is 0 Å². The van der Waals surface area contributed by atoms with E-state index in [1.54, 1.807) is 0 Å². The van der Waals surface area contributed by atoms with Crippen LogP contribution >= 0.6 is 0 Å². The molecule has 202 valence electrons. The molecule has 0 unspecified atom stereocenters. The van der Waals surface area contributed by atoms with Crippen molar-refractivity contribution in [3.8, 4) is 11.8 Å². The summed E-state index contributed by atoms with van der Waals surface area (Å²) < 4.78 is 25.1. The van der Waals surface area contributed by atoms with Crippen LogP contribution in [-0.2, 0) is 23.4 Å². The fourth-order valence-electron chi connectivity index (χ4n) is 6.34. The second kappa shape index (κ2) is 11.1. The molecule has 2 aromatic carbocycles. The van der Waals surface area contributed by atoms with Crippen LogP contribution < -0.4 is 10.4 Å². The van der Waals surface area contributed by atoms with Gasteiger partial charge in [-0.25, -0.2) is 0 Å². The molecule has 5 nitrogen and oxygen atoms in total. The van der Waals surface area contributed by atoms with Crippen LogP contribution in [0.15, 0.2) is 60.7 Å². The van der Waals surface area contributed by atoms with Crippen molar-refractivity contribution in [2.75, 3.05) is 0 Å². The number of Topliss-reactive ketones (excluding diaryl/α,β-unsaturated/α-hetero) is 1. The van der Waals surface area contributed by atoms with Crippen molar-refractivity contribution < 1.29 is 23.4 Å². The van der Waals surface area contributed by atoms with Gasteiger partial charge in [-0.15, -0.1) is 0 Å². The van der Waals surface area contributed by atoms with Crippen LogP contribution in [0.3, 0.4) is 0 Å². The predicted octanol–water partition coefficient (Wildman–Crippen LogP) is 5.10. The summed E-state index contributed by atoms with van der Waals surface area (Å²) in [6.45, 7) is 8.98. The highest BCUT2D eigenvalue weighted by Gasteiger charge is 2.54. The fourth-order valence-corrected chi connectivity index (χ4v) is 11.1. The number of ketones is 1. The smallest absolute Gasteiger partial charge is 0.295 e. The van der Waals surface area contributed by atoms with Crippen molar-refractivity contribution in [1.82, 2.24) is 0 Å². The summed E-state index contributed by atoms with van der Waals surface area (Å²) >= 11 is 0. The summed E-state index contributed by atoms with van der Waals surface area (Å²) in [5.41, 5.74) is 0. The molecule has 4 aliphatic rings. The molecule has 1 atom stereocenters. The van der Waals surface area contributed by atoms with Crippen molar-refractivity contribution in [3.63, 3.8) is 0 Å². The summed E-state index contributed by atoms with van der Waals surface area (Å²) in [6, 6.07) is 21.3. The Morgan fingerprint density at radius 1 is 0.947 bits per heavy atom. The first-order valence-electron chi connectivity index (χ1n) is 14.0. The van der Waals surface area contributed by atoms with Gasteiger partial charge >= 0.3 is 0 Å². The summed E-state index contributed by atoms with van der Waals surface area (Å²) in [7, 11) is -2.60. The second-order valence-corrected chi connectivity index (χ2v) is 16.2. The number of hydrogen-bond acceptors (Lipinski definition) is 5. The van der Waals surface area contributed by atoms with Gasteiger partial charge in [-0.2, -0.15) is 0 Å². The highest BCUT2D eigenvalue weighted by Crippen LogP contribution is 2.46. The van der Waals surface area contributed by atoms with Crippen LogP contribution in [0.2, 0.25) is 5.04 Å². The Balaban J connectivity index is 1.20. The van der Waals surface area contributed by atoms with Crippen molar-refractivity contribution in [3.05, 3.63) is 60.7 Å². The molecular weight excluding hydrogens is 492 g/mol. The Morgan fingerprint density at radius 3 is 1.92 bits per heavy atom. The molecule has 0 aromatic heterocycles. The highest BCUT2D eigenvalue weighted by molar-refractivity contribution is 6.99. The number of hydrogen-bond donors (Lipinski definition) is 0. The molecule has 0 spiro atoms. The maximum absolute atomic E-state index is 12.6. The molecule has 0 amide bonds. The summed E-state index contributed by atoms with van der Waals surface area (Å²) in [6.07, 6.45) is 5.58. The minimum Gasteiger partial charge on any atom is -0.405 e. The van der Waals surface area contributed by atoms with Crippen molar-refractivity contribution >= 4 is 24.5 Å². The predicted molar refractivity (Wildman–Crippen MR) is 151 cm³/mol. The van der Waals surface area contributed by atoms with Crippen LogP contribution in [0.25, 0.3) is 0 Å². The first-order chi connectivity index (χ1) is 18.2. The van der Waals surface area contributed by atoms with Gasteiger partial charge in [0.1, 0.15) is 0 Å². The number of carbonyl (C=O) groups excluding carboxylic acids is 1. The largest absolute Gasteiger partial charge is 0.405 e. The molecule has 3 saturated heterocycles. The highest BCUT2D eigenvalue weighted by atomic mass is 28.4. The van der Waals surface area contributed by atoms with Gasteiger partial charge in [-0.1, -0.05) is 87.4 Å². The van der Waals surface area contributed by atoms with Crippen LogP contribution in [0, 0.1) is 11.8 Å². The van der Waals surface area contributed by atoms with Crippen LogP contribution in [-0.4, -0.2) is 44.5 Å². The van der Waals surface area contributed by atoms with E-state index in [2.05, 4.69) is 100 Å². The number of ether oxygens (including phenoxy) is 3. The quantitative estimate of drug-likeness (QED) is 0.255. The fraction of sp³-hybridized carbons (Fsp3) is 0.531. The molecule has 6 rings (SSSR count). The van der Waals surface area contributed by atoms with Crippen molar-refractivity contribution in [1.29, 1.82) is 0 Å². The molecule has 1 aliphatic carbocycles. The van der Waals surface area contributed by atoms with Crippen LogP contribution in [0.4, 0.5) is 0 Å². The Morgan fingerprint density at radius 2 is 1.45 bits per heavy atom. The molecule has 3 heterocycles. The molecule has 2 aromatic rings. The number of benzene rings is 2. The van der Waals surface area contributed by atoms with Gasteiger partial charge in [0, 0.05) is 31.8 Å². The van der Waals surface area contributed by atoms with E-state index in [1.165, 1.54) is 10.4 Å². The van der Waals surface area contributed by atoms with E-state index in [0.29, 0.717) is 6.42 Å². The third-order valence-corrected chi connectivity index (χ3v) is 13.1. The maximum atomic E-state index is 12.6. The topological polar surface area (TPSA) is 54.0 Å². The lowest BCUT2D eigenvalue weighted by Gasteiger charge is -2.54. The Labute approximate surface area is 228 Å². The van der Waals surface area contributed by atoms with Crippen LogP contribution in [0.1, 0.15) is 72.6 Å². The summed E-state index contributed by atoms with van der Waals surface area (Å²) in [5.74, 6) is 4.65. The Hall–Kier alpha value is -2.27. The molecule has 38 heavy (non-hydrogen) atoms. The molecule has 4 bridgehead atoms. The standard InChI is InChI=1S/C32H40O5Si/c1-24(37-38(31(2,3)4,29-16-7-5-8-17-29)30-18-9-6-10-19-30)13-11-14-25(33)15-12-20-32-34-26-21-27(35-32)23-28(22-26)36-32/h5-10,16-19,24,26-28H,11,13-14,20-23H2,1-4H3/t24-,26?,27?,28?,32?/m0/s1. The van der Waals surface area contributed by atoms with Gasteiger partial charge in [0.2, 0.25) is 5.78 Å². The van der Waals surface area contributed by atoms with E-state index in [4.69, 9.17) is 18.6 Å². The van der Waals surface area contributed by atoms with E-state index < -0.39 is 14.3 Å². The zero-order valence-corrected chi connectivity index (χ0v) is 24.1. The average Bonchev–Trinajstić information content (AvgIpc) is 2.87. The zero-order valence-electron chi connectivity index (χ0n) is 23.1. The van der Waals surface area contributed by atoms with Gasteiger partial charge in [0.05, 0.1) is 24.7 Å². The van der Waals surface area contributed by atoms with Gasteiger partial charge in [0.25, 0.3) is 14.3 Å². The monoisotopic (exact) mass is 532 g/mol. The maximum Gasteiger partial charge on any atom is 0.295 e. The third-order valence-electron chi connectivity index (χ3n) is 7.96. The first kappa shape index (κ1) is 27.3. The summed E-state index contributed by atoms with van der Waals surface area (Å²) in [5, 5.41) is 2.46. The minimum atomic E-state index is -2.60. The van der Waals surface area contributed by atoms with Gasteiger partial charge in [-0.3, -0.25) is 4.79 Å². The molecular formula is C32H40O5Si. The molecule has 0 radical (unpaired) electrons. The van der Waals surface area contributed by atoms with Crippen molar-refractivity contribution in [2.24, 2.45) is 0 Å². The van der Waals surface area contributed by atoms with Gasteiger partial charge < -0.3 is 18.6 Å². The lowest BCUT2D eigenvalue weighted by molar-refractivity contribution is -0.491. The normalized spacial score (nSPS) is 27.0. The van der Waals surface area contributed by atoms with Crippen molar-refractivity contribution in [2.45, 2.75) is 108 Å². The van der Waals surface area contributed by atoms with E-state index in [0.717, 1.165) is 32.1 Å². The third kappa shape index (κ3) is 5.68. The lowest BCUT2D eigenvalue weighted by atomic mass is 9.89. The SMILES string of the molecule is C[C@@H](CCCC(=O)C#CCC12OC3CC(CC(C3)O1)O2)O[Si](c1ccccc1)(c1ccccc1)C(C)(C)C. The van der Waals surface area contributed by atoms with Crippen LogP contribution in [0.5, 0.6) is 0 Å². The first-order valence-corrected chi connectivity index (χ1v) is 15.9. The van der Waals surface area contributed by atoms with Gasteiger partial charge in [0.15, 0.2) is 0 Å². The van der Waals surface area contributed by atoms with E-state index in [-0.39, 0.29) is 41.7 Å². The van der Waals surface area contributed by atoms with E-state index >= 15 is 0 Å². The Kier molecular flexibility index (Phi) is 7.96. The zero-order chi connectivity index (χ0) is 26.8. The molecule has 0 N–H and O–H groups in total. The summed E-state index contributed by atoms with van der Waals surface area (Å²) in [4.78, 5) is 12.6. The number of rotatable bonds is 9. The molecule has 1 saturated carbocycles. The molecule has 6 heteroatoms. The number of carbonyl (C=O) groups is 1. The van der Waals surface area contributed by atoms with Gasteiger partial charge in [-0.05, 0) is 41.1 Å².